The molecule has 4 N–H and O–H groups in total. The summed E-state index contributed by atoms with van der Waals surface area (Å²) in [4.78, 5) is 18.7. The van der Waals surface area contributed by atoms with Gasteiger partial charge in [-0.15, -0.1) is 0 Å². The van der Waals surface area contributed by atoms with Crippen molar-refractivity contribution in [2.75, 3.05) is 26.7 Å². The smallest absolute Gasteiger partial charge is 0.309 e. The number of piperidine rings is 1. The van der Waals surface area contributed by atoms with E-state index < -0.39 is 34.9 Å². The van der Waals surface area contributed by atoms with Crippen molar-refractivity contribution in [3.8, 4) is 17.6 Å². The maximum absolute atomic E-state index is 13.4. The maximum atomic E-state index is 13.4. The third-order valence-corrected chi connectivity index (χ3v) is 7.43. The van der Waals surface area contributed by atoms with Crippen molar-refractivity contribution in [2.24, 2.45) is 11.1 Å². The van der Waals surface area contributed by atoms with Gasteiger partial charge in [-0.1, -0.05) is 11.8 Å². The molecule has 2 aromatic carbocycles. The number of carboxylic acids is 1. The van der Waals surface area contributed by atoms with E-state index in [1.54, 1.807) is 31.5 Å². The van der Waals surface area contributed by atoms with E-state index in [4.69, 9.17) is 10.5 Å². The highest BCUT2D eigenvalue weighted by Gasteiger charge is 2.41. The average Bonchev–Trinajstić information content (AvgIpc) is 2.94. The van der Waals surface area contributed by atoms with Gasteiger partial charge >= 0.3 is 5.97 Å². The first-order valence-electron chi connectivity index (χ1n) is 12.6. The fourth-order valence-electron chi connectivity index (χ4n) is 5.06. The Morgan fingerprint density at radius 1 is 1.21 bits per heavy atom. The number of rotatable bonds is 8. The third-order valence-electron chi connectivity index (χ3n) is 7.43. The van der Waals surface area contributed by atoms with Crippen LogP contribution in [0.2, 0.25) is 0 Å². The maximum Gasteiger partial charge on any atom is 0.309 e. The number of likely N-dealkylation sites (tertiary alicyclic amines) is 1. The predicted octanol–water partition coefficient (Wildman–Crippen LogP) is 4.15. The van der Waals surface area contributed by atoms with Gasteiger partial charge in [-0.05, 0) is 67.1 Å². The first-order chi connectivity index (χ1) is 18.7. The van der Waals surface area contributed by atoms with Crippen molar-refractivity contribution in [2.45, 2.75) is 38.3 Å². The molecule has 2 heterocycles. The van der Waals surface area contributed by atoms with E-state index in [-0.39, 0.29) is 31.5 Å². The monoisotopic (exact) mass is 541 g/mol. The molecule has 1 saturated heterocycles. The van der Waals surface area contributed by atoms with Crippen LogP contribution >= 0.6 is 0 Å². The summed E-state index contributed by atoms with van der Waals surface area (Å²) in [7, 11) is 1.55. The Labute approximate surface area is 224 Å². The van der Waals surface area contributed by atoms with Gasteiger partial charge in [0.15, 0.2) is 17.5 Å². The van der Waals surface area contributed by atoms with E-state index in [2.05, 4.69) is 16.8 Å². The first kappa shape index (κ1) is 28.4. The number of nitrogens with two attached hydrogens (primary N) is 1. The average molecular weight is 542 g/mol. The summed E-state index contributed by atoms with van der Waals surface area (Å²) in [6.07, 6.45) is 1.87. The summed E-state index contributed by atoms with van der Waals surface area (Å²) in [5, 5.41) is 22.1. The van der Waals surface area contributed by atoms with Crippen LogP contribution in [0.4, 0.5) is 13.2 Å². The number of hydrogen-bond donors (Lipinski definition) is 3. The Morgan fingerprint density at radius 3 is 2.51 bits per heavy atom. The molecule has 0 saturated carbocycles. The lowest BCUT2D eigenvalue weighted by Crippen LogP contribution is -2.44. The van der Waals surface area contributed by atoms with Crippen molar-refractivity contribution >= 4 is 16.9 Å². The van der Waals surface area contributed by atoms with E-state index >= 15 is 0 Å². The highest BCUT2D eigenvalue weighted by atomic mass is 19.2. The number of aliphatic carboxylic acids is 1. The minimum absolute atomic E-state index is 0.0235. The summed E-state index contributed by atoms with van der Waals surface area (Å²) in [6.45, 7) is 1.34. The zero-order valence-corrected chi connectivity index (χ0v) is 21.5. The standard InChI is InChI=1S/C29H30F3N3O4/c1-39-20-4-5-24-21(15-20)26(19(16-33)17-34-24)25(36)6-7-29(28(37)38)8-11-35(12-9-29)10-2-3-18-13-22(30)27(32)23(31)14-18/h4-5,13-15,17,25,36H,6-12,16,33H2,1H3,(H,37,38)/t25-/m1/s1. The molecule has 3 aromatic rings. The van der Waals surface area contributed by atoms with Crippen LogP contribution in [0, 0.1) is 34.7 Å². The Bertz CT molecular complexity index is 1400. The van der Waals surface area contributed by atoms with E-state index in [9.17, 15) is 28.2 Å². The number of hydrogen-bond acceptors (Lipinski definition) is 6. The number of pyridine rings is 1. The molecule has 1 aliphatic rings. The van der Waals surface area contributed by atoms with Crippen molar-refractivity contribution in [3.63, 3.8) is 0 Å². The molecule has 0 spiro atoms. The topological polar surface area (TPSA) is 109 Å². The Kier molecular flexibility index (Phi) is 8.75. The van der Waals surface area contributed by atoms with E-state index in [1.165, 1.54) is 0 Å². The summed E-state index contributed by atoms with van der Waals surface area (Å²) in [5.74, 6) is 0.989. The third kappa shape index (κ3) is 6.17. The number of carbonyl (C=O) groups is 1. The summed E-state index contributed by atoms with van der Waals surface area (Å²) in [5.41, 5.74) is 6.92. The quantitative estimate of drug-likeness (QED) is 0.290. The molecule has 7 nitrogen and oxygen atoms in total. The number of benzene rings is 2. The van der Waals surface area contributed by atoms with E-state index in [1.807, 2.05) is 4.90 Å². The van der Waals surface area contributed by atoms with Crippen molar-refractivity contribution < 1.29 is 32.9 Å². The summed E-state index contributed by atoms with van der Waals surface area (Å²) in [6, 6.07) is 7.04. The zero-order chi connectivity index (χ0) is 28.2. The van der Waals surface area contributed by atoms with Crippen LogP contribution in [0.5, 0.6) is 5.75 Å². The minimum atomic E-state index is -1.54. The molecular formula is C29H30F3N3O4. The highest BCUT2D eigenvalue weighted by molar-refractivity contribution is 5.85. The Hall–Kier alpha value is -3.65. The lowest BCUT2D eigenvalue weighted by Gasteiger charge is -2.38. The van der Waals surface area contributed by atoms with Crippen LogP contribution in [-0.2, 0) is 11.3 Å². The second-order valence-corrected chi connectivity index (χ2v) is 9.76. The highest BCUT2D eigenvalue weighted by Crippen LogP contribution is 2.40. The molecule has 4 rings (SSSR count). The van der Waals surface area contributed by atoms with Crippen molar-refractivity contribution in [3.05, 3.63) is 70.7 Å². The van der Waals surface area contributed by atoms with Crippen LogP contribution in [0.25, 0.3) is 10.9 Å². The van der Waals surface area contributed by atoms with E-state index in [0.29, 0.717) is 53.7 Å². The molecule has 1 fully saturated rings. The minimum Gasteiger partial charge on any atom is -0.497 e. The zero-order valence-electron chi connectivity index (χ0n) is 21.5. The van der Waals surface area contributed by atoms with Gasteiger partial charge in [0.2, 0.25) is 0 Å². The van der Waals surface area contributed by atoms with Crippen LogP contribution < -0.4 is 10.5 Å². The van der Waals surface area contributed by atoms with Gasteiger partial charge in [0.25, 0.3) is 0 Å². The molecule has 1 atom stereocenters. The molecule has 0 amide bonds. The largest absolute Gasteiger partial charge is 0.497 e. The number of ether oxygens (including phenoxy) is 1. The molecule has 0 radical (unpaired) electrons. The van der Waals surface area contributed by atoms with Gasteiger partial charge in [-0.25, -0.2) is 13.2 Å². The Morgan fingerprint density at radius 2 is 1.90 bits per heavy atom. The van der Waals surface area contributed by atoms with Crippen LogP contribution in [-0.4, -0.2) is 52.8 Å². The normalized spacial score (nSPS) is 15.9. The molecule has 39 heavy (non-hydrogen) atoms. The Balaban J connectivity index is 1.43. The second kappa shape index (κ2) is 12.0. The number of carboxylic acid groups (broad SMARTS) is 1. The summed E-state index contributed by atoms with van der Waals surface area (Å²) >= 11 is 0. The van der Waals surface area contributed by atoms with Crippen molar-refractivity contribution in [1.82, 2.24) is 9.88 Å². The number of aliphatic hydroxyl groups is 1. The molecule has 1 aromatic heterocycles. The molecule has 1 aliphatic heterocycles. The van der Waals surface area contributed by atoms with Gasteiger partial charge in [0, 0.05) is 36.8 Å². The SMILES string of the molecule is COc1ccc2ncc(CN)c([C@H](O)CCC3(C(=O)O)CCN(CC#Cc4cc(F)c(F)c(F)c4)CC3)c2c1. The predicted molar refractivity (Wildman–Crippen MR) is 139 cm³/mol. The first-order valence-corrected chi connectivity index (χ1v) is 12.6. The van der Waals surface area contributed by atoms with Gasteiger partial charge in [-0.3, -0.25) is 14.7 Å². The van der Waals surface area contributed by atoms with Crippen molar-refractivity contribution in [1.29, 1.82) is 0 Å². The number of aliphatic hydroxyl groups excluding tert-OH is 1. The van der Waals surface area contributed by atoms with Crippen LogP contribution in [0.15, 0.2) is 36.5 Å². The lowest BCUT2D eigenvalue weighted by molar-refractivity contribution is -0.153. The van der Waals surface area contributed by atoms with Gasteiger partial charge in [-0.2, -0.15) is 0 Å². The van der Waals surface area contributed by atoms with E-state index in [0.717, 1.165) is 12.1 Å². The van der Waals surface area contributed by atoms with Gasteiger partial charge in [0.05, 0.1) is 30.7 Å². The molecule has 0 aliphatic carbocycles. The van der Waals surface area contributed by atoms with Gasteiger partial charge < -0.3 is 20.7 Å². The van der Waals surface area contributed by atoms with Crippen LogP contribution in [0.3, 0.4) is 0 Å². The summed E-state index contributed by atoms with van der Waals surface area (Å²) < 4.78 is 45.2. The molecule has 0 bridgehead atoms. The molecule has 0 unspecified atom stereocenters. The number of methoxy groups -OCH3 is 1. The number of nitrogens with zero attached hydrogens (tertiary/aromatic N) is 2. The number of aromatic nitrogens is 1. The second-order valence-electron chi connectivity index (χ2n) is 9.76. The number of halogens is 3. The molecule has 206 valence electrons. The molecular weight excluding hydrogens is 511 g/mol. The fraction of sp³-hybridized carbons (Fsp3) is 0.379. The van der Waals surface area contributed by atoms with Gasteiger partial charge in [0.1, 0.15) is 5.75 Å². The fourth-order valence-corrected chi connectivity index (χ4v) is 5.06. The molecule has 10 heteroatoms. The van der Waals surface area contributed by atoms with Crippen LogP contribution in [0.1, 0.15) is 48.5 Å². The number of fused-ring (bicyclic) bond motifs is 1. The lowest BCUT2D eigenvalue weighted by atomic mass is 9.74.